The lowest BCUT2D eigenvalue weighted by molar-refractivity contribution is 0.0940. The van der Waals surface area contributed by atoms with E-state index in [1.165, 1.54) is 26.6 Å². The lowest BCUT2D eigenvalue weighted by atomic mass is 9.95. The van der Waals surface area contributed by atoms with Crippen LogP contribution in [0.1, 0.15) is 33.1 Å². The predicted octanol–water partition coefficient (Wildman–Crippen LogP) is 4.82. The molecule has 164 valence electrons. The molecule has 4 aromatic rings. The summed E-state index contributed by atoms with van der Waals surface area (Å²) in [4.78, 5) is 20.8. The van der Waals surface area contributed by atoms with Gasteiger partial charge in [0.2, 0.25) is 0 Å². The fourth-order valence-electron chi connectivity index (χ4n) is 4.68. The highest BCUT2D eigenvalue weighted by molar-refractivity contribution is 7.21. The number of amides is 1. The maximum absolute atomic E-state index is 13.0. The summed E-state index contributed by atoms with van der Waals surface area (Å²) in [6.07, 6.45) is 2.90. The molecule has 1 N–H and O–H groups in total. The van der Waals surface area contributed by atoms with Crippen LogP contribution in [0.3, 0.4) is 0 Å². The highest BCUT2D eigenvalue weighted by Gasteiger charge is 2.30. The molecule has 1 saturated heterocycles. The Labute approximate surface area is 192 Å². The number of aromatic nitrogens is 1. The Morgan fingerprint density at radius 1 is 1.22 bits per heavy atom. The number of hydrogen-bond acceptors (Lipinski definition) is 5. The van der Waals surface area contributed by atoms with Crippen LogP contribution in [0.4, 0.5) is 0 Å². The third kappa shape index (κ3) is 4.26. The number of hydrogen-bond donors (Lipinski definition) is 1. The van der Waals surface area contributed by atoms with E-state index >= 15 is 0 Å². The first-order valence-corrected chi connectivity index (χ1v) is 11.9. The van der Waals surface area contributed by atoms with Gasteiger partial charge in [-0.1, -0.05) is 30.3 Å². The first-order valence-electron chi connectivity index (χ1n) is 11.1. The molecule has 2 aromatic heterocycles. The third-order valence-electron chi connectivity index (χ3n) is 6.19. The molecule has 1 fully saturated rings. The minimum atomic E-state index is 0.0127. The average molecular weight is 446 g/mol. The Morgan fingerprint density at radius 2 is 2.12 bits per heavy atom. The van der Waals surface area contributed by atoms with Crippen molar-refractivity contribution in [2.75, 3.05) is 33.4 Å². The standard InChI is InChI=1S/C26H27N3O2S/c1-31-14-12-28-26(30)25-24(21-6-2-3-7-23(21)32-25)20-10-13-29(17-20)16-18-8-9-22-19(15-18)5-4-11-27-22/h2-9,11,15,20H,10,12-14,16-17H2,1H3,(H,28,30)/t20-/m0/s1. The molecule has 5 nitrogen and oxygen atoms in total. The maximum atomic E-state index is 13.0. The zero-order valence-corrected chi connectivity index (χ0v) is 19.0. The van der Waals surface area contributed by atoms with E-state index in [2.05, 4.69) is 57.7 Å². The molecule has 0 radical (unpaired) electrons. The van der Waals surface area contributed by atoms with Crippen molar-refractivity contribution in [1.29, 1.82) is 0 Å². The van der Waals surface area contributed by atoms with Gasteiger partial charge in [-0.05, 0) is 53.7 Å². The number of pyridine rings is 1. The molecular weight excluding hydrogens is 418 g/mol. The van der Waals surface area contributed by atoms with Gasteiger partial charge in [-0.15, -0.1) is 11.3 Å². The van der Waals surface area contributed by atoms with Crippen molar-refractivity contribution in [1.82, 2.24) is 15.2 Å². The summed E-state index contributed by atoms with van der Waals surface area (Å²) in [5, 5.41) is 5.42. The number of ether oxygens (including phenoxy) is 1. The zero-order valence-electron chi connectivity index (χ0n) is 18.2. The molecule has 1 aliphatic rings. The quantitative estimate of drug-likeness (QED) is 0.415. The minimum Gasteiger partial charge on any atom is -0.383 e. The Balaban J connectivity index is 1.37. The molecule has 0 unspecified atom stereocenters. The minimum absolute atomic E-state index is 0.0127. The summed E-state index contributed by atoms with van der Waals surface area (Å²) in [5.41, 5.74) is 3.55. The molecule has 5 rings (SSSR count). The summed E-state index contributed by atoms with van der Waals surface area (Å²) >= 11 is 1.61. The first-order chi connectivity index (χ1) is 15.7. The Bertz CT molecular complexity index is 1250. The van der Waals surface area contributed by atoms with Crippen LogP contribution in [0, 0.1) is 0 Å². The summed E-state index contributed by atoms with van der Waals surface area (Å²) in [6.45, 7) is 3.95. The Kier molecular flexibility index (Phi) is 6.17. The Morgan fingerprint density at radius 3 is 3.03 bits per heavy atom. The van der Waals surface area contributed by atoms with Crippen molar-refractivity contribution in [3.05, 3.63) is 76.8 Å². The van der Waals surface area contributed by atoms with Gasteiger partial charge in [-0.2, -0.15) is 0 Å². The van der Waals surface area contributed by atoms with Crippen molar-refractivity contribution in [3.8, 4) is 0 Å². The second-order valence-electron chi connectivity index (χ2n) is 8.34. The smallest absolute Gasteiger partial charge is 0.261 e. The van der Waals surface area contributed by atoms with Crippen molar-refractivity contribution in [3.63, 3.8) is 0 Å². The second-order valence-corrected chi connectivity index (χ2v) is 9.39. The fraction of sp³-hybridized carbons (Fsp3) is 0.308. The molecule has 0 spiro atoms. The molecule has 0 aliphatic carbocycles. The zero-order chi connectivity index (χ0) is 21.9. The van der Waals surface area contributed by atoms with E-state index < -0.39 is 0 Å². The van der Waals surface area contributed by atoms with Gasteiger partial charge < -0.3 is 10.1 Å². The normalized spacial score (nSPS) is 16.7. The van der Waals surface area contributed by atoms with Crippen molar-refractivity contribution in [2.45, 2.75) is 18.9 Å². The molecule has 0 saturated carbocycles. The van der Waals surface area contributed by atoms with Gasteiger partial charge in [0, 0.05) is 48.9 Å². The third-order valence-corrected chi connectivity index (χ3v) is 7.37. The van der Waals surface area contributed by atoms with Crippen molar-refractivity contribution in [2.24, 2.45) is 0 Å². The number of nitrogens with one attached hydrogen (secondary N) is 1. The van der Waals surface area contributed by atoms with Gasteiger partial charge in [-0.25, -0.2) is 0 Å². The lowest BCUT2D eigenvalue weighted by Gasteiger charge is -2.17. The highest BCUT2D eigenvalue weighted by Crippen LogP contribution is 2.40. The van der Waals surface area contributed by atoms with Crippen molar-refractivity contribution < 1.29 is 9.53 Å². The lowest BCUT2D eigenvalue weighted by Crippen LogP contribution is -2.27. The number of methoxy groups -OCH3 is 1. The van der Waals surface area contributed by atoms with E-state index in [0.29, 0.717) is 19.1 Å². The number of fused-ring (bicyclic) bond motifs is 2. The van der Waals surface area contributed by atoms with Crippen LogP contribution in [0.25, 0.3) is 21.0 Å². The highest BCUT2D eigenvalue weighted by atomic mass is 32.1. The molecule has 1 atom stereocenters. The van der Waals surface area contributed by atoms with Crippen LogP contribution in [0.5, 0.6) is 0 Å². The van der Waals surface area contributed by atoms with Gasteiger partial charge >= 0.3 is 0 Å². The molecule has 1 aliphatic heterocycles. The van der Waals surface area contributed by atoms with E-state index in [0.717, 1.165) is 36.4 Å². The van der Waals surface area contributed by atoms with Gasteiger partial charge in [-0.3, -0.25) is 14.7 Å². The van der Waals surface area contributed by atoms with Crippen LogP contribution in [-0.4, -0.2) is 49.1 Å². The molecule has 2 aromatic carbocycles. The second kappa shape index (κ2) is 9.36. The number of carbonyl (C=O) groups is 1. The van der Waals surface area contributed by atoms with E-state index in [1.54, 1.807) is 18.4 Å². The number of carbonyl (C=O) groups excluding carboxylic acids is 1. The van der Waals surface area contributed by atoms with E-state index in [1.807, 2.05) is 18.3 Å². The summed E-state index contributed by atoms with van der Waals surface area (Å²) in [5.74, 6) is 0.371. The molecule has 6 heteroatoms. The molecule has 32 heavy (non-hydrogen) atoms. The molecule has 0 bridgehead atoms. The van der Waals surface area contributed by atoms with Crippen LogP contribution in [-0.2, 0) is 11.3 Å². The van der Waals surface area contributed by atoms with E-state index in [-0.39, 0.29) is 5.91 Å². The monoisotopic (exact) mass is 445 g/mol. The topological polar surface area (TPSA) is 54.5 Å². The molecule has 1 amide bonds. The van der Waals surface area contributed by atoms with Gasteiger partial charge in [0.05, 0.1) is 17.0 Å². The van der Waals surface area contributed by atoms with E-state index in [9.17, 15) is 4.79 Å². The number of benzene rings is 2. The van der Waals surface area contributed by atoms with E-state index in [4.69, 9.17) is 4.74 Å². The molecule has 3 heterocycles. The number of likely N-dealkylation sites (tertiary alicyclic amines) is 1. The Hall–Kier alpha value is -2.80. The van der Waals surface area contributed by atoms with Gasteiger partial charge in [0.25, 0.3) is 5.91 Å². The van der Waals surface area contributed by atoms with Gasteiger partial charge in [0.1, 0.15) is 0 Å². The fourth-order valence-corrected chi connectivity index (χ4v) is 5.89. The maximum Gasteiger partial charge on any atom is 0.261 e. The van der Waals surface area contributed by atoms with Gasteiger partial charge in [0.15, 0.2) is 0 Å². The number of nitrogens with zero attached hydrogens (tertiary/aromatic N) is 2. The summed E-state index contributed by atoms with van der Waals surface area (Å²) in [6, 6.07) is 19.0. The van der Waals surface area contributed by atoms with Crippen LogP contribution in [0.2, 0.25) is 0 Å². The SMILES string of the molecule is COCCNC(=O)c1sc2ccccc2c1[C@H]1CCN(Cc2ccc3ncccc3c2)C1. The number of thiophene rings is 1. The van der Waals surface area contributed by atoms with Crippen molar-refractivity contribution >= 4 is 38.2 Å². The first kappa shape index (κ1) is 21.1. The predicted molar refractivity (Wildman–Crippen MR) is 130 cm³/mol. The average Bonchev–Trinajstić information content (AvgIpc) is 3.43. The molecular formula is C26H27N3O2S. The number of rotatable bonds is 7. The van der Waals surface area contributed by atoms with Crippen LogP contribution in [0.15, 0.2) is 60.8 Å². The largest absolute Gasteiger partial charge is 0.383 e. The summed E-state index contributed by atoms with van der Waals surface area (Å²) in [7, 11) is 1.65. The van der Waals surface area contributed by atoms with Crippen LogP contribution < -0.4 is 5.32 Å². The van der Waals surface area contributed by atoms with Crippen LogP contribution >= 0.6 is 11.3 Å². The summed E-state index contributed by atoms with van der Waals surface area (Å²) < 4.78 is 6.27.